The third-order valence-electron chi connectivity index (χ3n) is 2.81. The molecule has 114 valence electrons. The molecule has 0 aliphatic heterocycles. The second-order valence-electron chi connectivity index (χ2n) is 4.55. The first kappa shape index (κ1) is 17.2. The predicted molar refractivity (Wildman–Crippen MR) is 89.6 cm³/mol. The molecule has 0 fully saturated rings. The highest BCUT2D eigenvalue weighted by molar-refractivity contribution is 7.16. The maximum Gasteiger partial charge on any atom is 0.213 e. The molecule has 4 nitrogen and oxygen atoms in total. The number of aryl methyl sites for hydroxylation is 1. The number of aliphatic hydroxyl groups is 1. The van der Waals surface area contributed by atoms with Gasteiger partial charge in [0.15, 0.2) is 5.13 Å². The van der Waals surface area contributed by atoms with Gasteiger partial charge in [0, 0.05) is 4.88 Å². The minimum Gasteiger partial charge on any atom is -0.508 e. The molecule has 0 saturated carbocycles. The van der Waals surface area contributed by atoms with Crippen LogP contribution in [-0.4, -0.2) is 16.5 Å². The lowest BCUT2D eigenvalue weighted by Gasteiger charge is -2.01. The van der Waals surface area contributed by atoms with E-state index in [4.69, 9.17) is 0 Å². The van der Waals surface area contributed by atoms with E-state index in [1.54, 1.807) is 18.2 Å². The molecule has 0 bridgehead atoms. The molecule has 0 aliphatic carbocycles. The molecule has 21 heavy (non-hydrogen) atoms. The quantitative estimate of drug-likeness (QED) is 0.402. The monoisotopic (exact) mass is 306 g/mol. The van der Waals surface area contributed by atoms with Gasteiger partial charge in [0.05, 0.1) is 5.69 Å². The average molecular weight is 306 g/mol. The van der Waals surface area contributed by atoms with E-state index in [9.17, 15) is 9.90 Å². The molecule has 1 aromatic heterocycles. The summed E-state index contributed by atoms with van der Waals surface area (Å²) < 4.78 is 0. The molecule has 0 radical (unpaired) electrons. The smallest absolute Gasteiger partial charge is 0.213 e. The number of thiazole rings is 1. The number of anilines is 1. The minimum atomic E-state index is 0.218. The van der Waals surface area contributed by atoms with Crippen LogP contribution in [0.25, 0.3) is 5.57 Å². The number of aliphatic hydroxyl groups excluding tert-OH is 1. The molecule has 0 aliphatic rings. The van der Waals surface area contributed by atoms with Crippen LogP contribution in [0.3, 0.4) is 0 Å². The van der Waals surface area contributed by atoms with Crippen LogP contribution < -0.4 is 5.32 Å². The Hall–Kier alpha value is -1.88. The van der Waals surface area contributed by atoms with Gasteiger partial charge in [0.25, 0.3) is 0 Å². The number of aromatic nitrogens is 1. The first-order chi connectivity index (χ1) is 10.1. The fourth-order valence-corrected chi connectivity index (χ4v) is 2.76. The Bertz CT molecular complexity index is 544. The summed E-state index contributed by atoms with van der Waals surface area (Å²) in [6, 6.07) is 0. The number of hydrogen-bond donors (Lipinski definition) is 2. The van der Waals surface area contributed by atoms with E-state index in [1.165, 1.54) is 11.3 Å². The highest BCUT2D eigenvalue weighted by Crippen LogP contribution is 2.29. The van der Waals surface area contributed by atoms with Crippen LogP contribution >= 0.6 is 11.3 Å². The van der Waals surface area contributed by atoms with Crippen molar-refractivity contribution in [2.45, 2.75) is 39.5 Å². The molecule has 0 spiro atoms. The van der Waals surface area contributed by atoms with Crippen molar-refractivity contribution in [1.29, 1.82) is 0 Å². The molecule has 1 aromatic rings. The molecule has 0 atom stereocenters. The highest BCUT2D eigenvalue weighted by atomic mass is 32.1. The number of carbonyl (C=O) groups excluding carboxylic acids is 1. The molecule has 1 amide bonds. The number of unbranched alkanes of at least 4 members (excludes halogenated alkanes) is 1. The maximum atomic E-state index is 10.5. The van der Waals surface area contributed by atoms with E-state index in [0.717, 1.165) is 41.8 Å². The Labute approximate surface area is 129 Å². The van der Waals surface area contributed by atoms with Crippen LogP contribution in [0, 0.1) is 0 Å². The zero-order valence-electron chi connectivity index (χ0n) is 12.6. The Morgan fingerprint density at radius 1 is 1.43 bits per heavy atom. The van der Waals surface area contributed by atoms with E-state index >= 15 is 0 Å². The second kappa shape index (κ2) is 9.13. The van der Waals surface area contributed by atoms with Gasteiger partial charge in [-0.15, -0.1) is 11.3 Å². The Balaban J connectivity index is 2.94. The second-order valence-corrected chi connectivity index (χ2v) is 5.64. The fourth-order valence-electron chi connectivity index (χ4n) is 1.76. The zero-order chi connectivity index (χ0) is 15.7. The molecule has 0 aromatic carbocycles. The minimum absolute atomic E-state index is 0.218. The lowest BCUT2D eigenvalue weighted by Crippen LogP contribution is -1.93. The molecule has 1 heterocycles. The largest absolute Gasteiger partial charge is 0.508 e. The molecule has 0 unspecified atom stereocenters. The van der Waals surface area contributed by atoms with Gasteiger partial charge in [-0.1, -0.05) is 26.8 Å². The van der Waals surface area contributed by atoms with Gasteiger partial charge >= 0.3 is 0 Å². The number of carbonyl (C=O) groups is 1. The molecule has 2 N–H and O–H groups in total. The summed E-state index contributed by atoms with van der Waals surface area (Å²) >= 11 is 1.47. The summed E-state index contributed by atoms with van der Waals surface area (Å²) in [5, 5.41) is 12.8. The van der Waals surface area contributed by atoms with Crippen molar-refractivity contribution in [2.24, 2.45) is 0 Å². The van der Waals surface area contributed by atoms with Crippen molar-refractivity contribution in [3.63, 3.8) is 0 Å². The average Bonchev–Trinajstić information content (AvgIpc) is 2.86. The van der Waals surface area contributed by atoms with Crippen LogP contribution in [0.5, 0.6) is 0 Å². The standard InChI is InChI=1S/C16H22N2O2S/c1-4-6-8-14-15(18-16(21-14)17-11-19)12(3)9-10-13(20)7-5-2/h7,9-11,20H,3-6,8H2,1-2H3,(H,17,18,19)/b10-9-,13-7+. The first-order valence-corrected chi connectivity index (χ1v) is 7.90. The predicted octanol–water partition coefficient (Wildman–Crippen LogP) is 4.48. The van der Waals surface area contributed by atoms with E-state index in [-0.39, 0.29) is 5.76 Å². The summed E-state index contributed by atoms with van der Waals surface area (Å²) in [4.78, 5) is 16.1. The summed E-state index contributed by atoms with van der Waals surface area (Å²) in [5.41, 5.74) is 1.52. The molecule has 5 heteroatoms. The SMILES string of the molecule is C=C(/C=C\C(O)=C/CC)c1nc(NC=O)sc1CCCC. The third-order valence-corrected chi connectivity index (χ3v) is 3.86. The van der Waals surface area contributed by atoms with Crippen molar-refractivity contribution in [3.05, 3.63) is 41.1 Å². The summed E-state index contributed by atoms with van der Waals surface area (Å²) in [6.07, 6.45) is 9.55. The van der Waals surface area contributed by atoms with Crippen molar-refractivity contribution >= 4 is 28.5 Å². The lowest BCUT2D eigenvalue weighted by molar-refractivity contribution is -0.105. The highest BCUT2D eigenvalue weighted by Gasteiger charge is 2.12. The van der Waals surface area contributed by atoms with Gasteiger partial charge in [0.1, 0.15) is 5.76 Å². The van der Waals surface area contributed by atoms with Gasteiger partial charge in [-0.3, -0.25) is 4.79 Å². The van der Waals surface area contributed by atoms with Crippen LogP contribution in [0.15, 0.2) is 30.6 Å². The maximum absolute atomic E-state index is 10.5. The summed E-state index contributed by atoms with van der Waals surface area (Å²) in [5.74, 6) is 0.218. The molecular weight excluding hydrogens is 284 g/mol. The first-order valence-electron chi connectivity index (χ1n) is 7.08. The van der Waals surface area contributed by atoms with Crippen molar-refractivity contribution in [3.8, 4) is 0 Å². The van der Waals surface area contributed by atoms with Gasteiger partial charge < -0.3 is 10.4 Å². The van der Waals surface area contributed by atoms with Gasteiger partial charge in [-0.05, 0) is 43.1 Å². The Kier molecular flexibility index (Phi) is 7.46. The van der Waals surface area contributed by atoms with Gasteiger partial charge in [0.2, 0.25) is 6.41 Å². The third kappa shape index (κ3) is 5.55. The number of rotatable bonds is 9. The lowest BCUT2D eigenvalue weighted by atomic mass is 10.1. The van der Waals surface area contributed by atoms with E-state index in [1.807, 2.05) is 6.92 Å². The normalized spacial score (nSPS) is 11.8. The van der Waals surface area contributed by atoms with E-state index in [2.05, 4.69) is 23.8 Å². The molecule has 1 rings (SSSR count). The number of hydrogen-bond acceptors (Lipinski definition) is 4. The number of amides is 1. The van der Waals surface area contributed by atoms with Crippen LogP contribution in [0.1, 0.15) is 43.7 Å². The van der Waals surface area contributed by atoms with E-state index in [0.29, 0.717) is 11.5 Å². The van der Waals surface area contributed by atoms with Crippen molar-refractivity contribution < 1.29 is 9.90 Å². The Morgan fingerprint density at radius 3 is 2.81 bits per heavy atom. The topological polar surface area (TPSA) is 62.2 Å². The fraction of sp³-hybridized carbons (Fsp3) is 0.375. The molecular formula is C16H22N2O2S. The summed E-state index contributed by atoms with van der Waals surface area (Å²) in [7, 11) is 0. The van der Waals surface area contributed by atoms with Gasteiger partial charge in [-0.25, -0.2) is 4.98 Å². The van der Waals surface area contributed by atoms with Crippen LogP contribution in [-0.2, 0) is 11.2 Å². The van der Waals surface area contributed by atoms with Crippen LogP contribution in [0.2, 0.25) is 0 Å². The van der Waals surface area contributed by atoms with Crippen molar-refractivity contribution in [2.75, 3.05) is 5.32 Å². The Morgan fingerprint density at radius 2 is 2.19 bits per heavy atom. The molecule has 0 saturated heterocycles. The zero-order valence-corrected chi connectivity index (χ0v) is 13.4. The number of nitrogens with zero attached hydrogens (tertiary/aromatic N) is 1. The van der Waals surface area contributed by atoms with Crippen LogP contribution in [0.4, 0.5) is 5.13 Å². The van der Waals surface area contributed by atoms with Crippen molar-refractivity contribution in [1.82, 2.24) is 4.98 Å². The summed E-state index contributed by atoms with van der Waals surface area (Å²) in [6.45, 7) is 8.09. The van der Waals surface area contributed by atoms with Gasteiger partial charge in [-0.2, -0.15) is 0 Å². The number of allylic oxidation sites excluding steroid dienone is 4. The number of nitrogens with one attached hydrogen (secondary N) is 1. The van der Waals surface area contributed by atoms with E-state index < -0.39 is 0 Å².